The Bertz CT molecular complexity index is 1090. The van der Waals surface area contributed by atoms with E-state index in [0.717, 1.165) is 18.6 Å². The minimum Gasteiger partial charge on any atom is -0.488 e. The van der Waals surface area contributed by atoms with Crippen LogP contribution in [0.15, 0.2) is 66.7 Å². The first-order valence-electron chi connectivity index (χ1n) is 13.5. The second kappa shape index (κ2) is 12.1. The van der Waals surface area contributed by atoms with Crippen LogP contribution in [0, 0.1) is 13.8 Å². The van der Waals surface area contributed by atoms with E-state index in [1.54, 1.807) is 0 Å². The van der Waals surface area contributed by atoms with Crippen molar-refractivity contribution in [1.29, 1.82) is 0 Å². The Hall–Kier alpha value is -2.31. The van der Waals surface area contributed by atoms with Crippen LogP contribution in [-0.2, 0) is 11.8 Å². The summed E-state index contributed by atoms with van der Waals surface area (Å²) >= 11 is 0. The van der Waals surface area contributed by atoms with Gasteiger partial charge in [-0.3, -0.25) is 0 Å². The van der Waals surface area contributed by atoms with E-state index in [-0.39, 0.29) is 5.16 Å². The molecular formula is C32H42NOP. The van der Waals surface area contributed by atoms with E-state index in [4.69, 9.17) is 4.74 Å². The van der Waals surface area contributed by atoms with Gasteiger partial charge < -0.3 is 9.64 Å². The maximum absolute atomic E-state index is 6.64. The highest BCUT2D eigenvalue weighted by Crippen LogP contribution is 2.52. The zero-order valence-electron chi connectivity index (χ0n) is 22.1. The van der Waals surface area contributed by atoms with Crippen LogP contribution in [0.25, 0.3) is 0 Å². The standard InChI is InChI=1S/C32H42NOP/c1-5-19-32(6-2,35-30-18-12-11-17-29(30)33-20-13-8-14-21-33)28-23-25(3)22-26(4)31(28)34-24-27-15-9-7-10-16-27/h7,9-12,15-18,22-23,35H,5-6,8,13-14,19-21,24H2,1-4H3. The van der Waals surface area contributed by atoms with E-state index in [9.17, 15) is 0 Å². The Kier molecular flexibility index (Phi) is 8.90. The van der Waals surface area contributed by atoms with E-state index >= 15 is 0 Å². The molecule has 1 fully saturated rings. The average Bonchev–Trinajstić information content (AvgIpc) is 2.89. The zero-order chi connectivity index (χ0) is 24.7. The third-order valence-corrected chi connectivity index (χ3v) is 9.46. The third kappa shape index (κ3) is 6.10. The van der Waals surface area contributed by atoms with Crippen LogP contribution in [0.2, 0.25) is 0 Å². The topological polar surface area (TPSA) is 12.5 Å². The van der Waals surface area contributed by atoms with Gasteiger partial charge in [0.2, 0.25) is 0 Å². The van der Waals surface area contributed by atoms with Crippen molar-refractivity contribution in [2.75, 3.05) is 18.0 Å². The molecule has 1 aliphatic heterocycles. The molecule has 1 saturated heterocycles. The van der Waals surface area contributed by atoms with Crippen molar-refractivity contribution in [3.63, 3.8) is 0 Å². The van der Waals surface area contributed by atoms with Crippen LogP contribution in [0.4, 0.5) is 5.69 Å². The number of hydrogen-bond acceptors (Lipinski definition) is 2. The monoisotopic (exact) mass is 487 g/mol. The second-order valence-electron chi connectivity index (χ2n) is 10.1. The Morgan fingerprint density at radius 2 is 1.60 bits per heavy atom. The third-order valence-electron chi connectivity index (χ3n) is 7.42. The summed E-state index contributed by atoms with van der Waals surface area (Å²) in [5.41, 5.74) is 6.65. The van der Waals surface area contributed by atoms with Gasteiger partial charge in [-0.1, -0.05) is 95.1 Å². The molecule has 2 nitrogen and oxygen atoms in total. The van der Waals surface area contributed by atoms with Crippen molar-refractivity contribution in [3.8, 4) is 5.75 Å². The first-order chi connectivity index (χ1) is 17.1. The van der Waals surface area contributed by atoms with Crippen LogP contribution in [0.5, 0.6) is 5.75 Å². The molecule has 1 aliphatic rings. The molecule has 1 heterocycles. The lowest BCUT2D eigenvalue weighted by molar-refractivity contribution is 0.295. The van der Waals surface area contributed by atoms with Gasteiger partial charge in [0.15, 0.2) is 0 Å². The van der Waals surface area contributed by atoms with Gasteiger partial charge in [-0.05, 0) is 68.4 Å². The molecule has 3 aromatic rings. The quantitative estimate of drug-likeness (QED) is 0.267. The van der Waals surface area contributed by atoms with Gasteiger partial charge in [-0.25, -0.2) is 0 Å². The molecule has 0 N–H and O–H groups in total. The number of aryl methyl sites for hydroxylation is 2. The fourth-order valence-electron chi connectivity index (χ4n) is 5.63. The molecule has 0 saturated carbocycles. The Morgan fingerprint density at radius 1 is 0.886 bits per heavy atom. The lowest BCUT2D eigenvalue weighted by Gasteiger charge is -2.38. The number of hydrogen-bond donors (Lipinski definition) is 0. The summed E-state index contributed by atoms with van der Waals surface area (Å²) in [5, 5.41) is 1.58. The van der Waals surface area contributed by atoms with Gasteiger partial charge >= 0.3 is 0 Å². The molecule has 35 heavy (non-hydrogen) atoms. The highest BCUT2D eigenvalue weighted by Gasteiger charge is 2.35. The number of piperidine rings is 1. The SMILES string of the molecule is CCCC(CC)(Pc1ccccc1N1CCCCC1)c1cc(C)cc(C)c1OCc1ccccc1. The number of benzene rings is 3. The summed E-state index contributed by atoms with van der Waals surface area (Å²) in [5.74, 6) is 1.10. The molecule has 0 spiro atoms. The molecule has 3 aromatic carbocycles. The number of nitrogens with zero attached hydrogens (tertiary/aromatic N) is 1. The number of anilines is 1. The van der Waals surface area contributed by atoms with Crippen molar-refractivity contribution in [2.45, 2.75) is 78.0 Å². The number of para-hydroxylation sites is 1. The van der Waals surface area contributed by atoms with Crippen LogP contribution < -0.4 is 14.9 Å². The predicted molar refractivity (Wildman–Crippen MR) is 154 cm³/mol. The maximum atomic E-state index is 6.64. The summed E-state index contributed by atoms with van der Waals surface area (Å²) in [7, 11) is 0.712. The smallest absolute Gasteiger partial charge is 0.126 e. The highest BCUT2D eigenvalue weighted by atomic mass is 31.1. The predicted octanol–water partition coefficient (Wildman–Crippen LogP) is 8.28. The van der Waals surface area contributed by atoms with E-state index in [2.05, 4.69) is 99.3 Å². The van der Waals surface area contributed by atoms with Crippen LogP contribution in [0.3, 0.4) is 0 Å². The van der Waals surface area contributed by atoms with Gasteiger partial charge in [0.05, 0.1) is 0 Å². The van der Waals surface area contributed by atoms with Gasteiger partial charge in [-0.2, -0.15) is 0 Å². The highest BCUT2D eigenvalue weighted by molar-refractivity contribution is 7.49. The lowest BCUT2D eigenvalue weighted by atomic mass is 9.87. The van der Waals surface area contributed by atoms with Crippen molar-refractivity contribution < 1.29 is 4.74 Å². The lowest BCUT2D eigenvalue weighted by Crippen LogP contribution is -2.33. The minimum atomic E-state index is 0.0729. The van der Waals surface area contributed by atoms with Crippen molar-refractivity contribution in [1.82, 2.24) is 0 Å². The average molecular weight is 488 g/mol. The molecule has 2 atom stereocenters. The minimum absolute atomic E-state index is 0.0729. The van der Waals surface area contributed by atoms with Crippen LogP contribution in [-0.4, -0.2) is 13.1 Å². The molecule has 3 heteroatoms. The van der Waals surface area contributed by atoms with Gasteiger partial charge in [0, 0.05) is 29.5 Å². The molecule has 0 aliphatic carbocycles. The Labute approximate surface area is 214 Å². The molecule has 4 rings (SSSR count). The van der Waals surface area contributed by atoms with Crippen LogP contribution in [0.1, 0.15) is 74.6 Å². The fourth-order valence-corrected chi connectivity index (χ4v) is 7.56. The van der Waals surface area contributed by atoms with E-state index in [1.807, 2.05) is 0 Å². The van der Waals surface area contributed by atoms with Gasteiger partial charge in [0.1, 0.15) is 12.4 Å². The first-order valence-corrected chi connectivity index (χ1v) is 14.5. The molecule has 0 radical (unpaired) electrons. The largest absolute Gasteiger partial charge is 0.488 e. The summed E-state index contributed by atoms with van der Waals surface area (Å²) in [6, 6.07) is 24.4. The molecule has 2 unspecified atom stereocenters. The zero-order valence-corrected chi connectivity index (χ0v) is 23.1. The van der Waals surface area contributed by atoms with Crippen molar-refractivity contribution in [3.05, 3.63) is 89.0 Å². The molecule has 186 valence electrons. The van der Waals surface area contributed by atoms with E-state index < -0.39 is 0 Å². The van der Waals surface area contributed by atoms with Crippen LogP contribution >= 0.6 is 8.58 Å². The number of rotatable bonds is 10. The van der Waals surface area contributed by atoms with E-state index in [1.165, 1.54) is 72.0 Å². The molecule has 0 aromatic heterocycles. The fraction of sp³-hybridized carbons (Fsp3) is 0.438. The maximum Gasteiger partial charge on any atom is 0.126 e. The summed E-state index contributed by atoms with van der Waals surface area (Å²) < 4.78 is 6.64. The van der Waals surface area contributed by atoms with Crippen molar-refractivity contribution in [2.24, 2.45) is 0 Å². The normalized spacial score (nSPS) is 15.9. The summed E-state index contributed by atoms with van der Waals surface area (Å²) in [6.45, 7) is 12.1. The molecule has 0 amide bonds. The van der Waals surface area contributed by atoms with Crippen molar-refractivity contribution >= 4 is 19.6 Å². The summed E-state index contributed by atoms with van der Waals surface area (Å²) in [4.78, 5) is 2.63. The Balaban J connectivity index is 1.74. The first kappa shape index (κ1) is 25.8. The molecular weight excluding hydrogens is 445 g/mol. The summed E-state index contributed by atoms with van der Waals surface area (Å²) in [6.07, 6.45) is 7.41. The molecule has 0 bridgehead atoms. The van der Waals surface area contributed by atoms with Gasteiger partial charge in [-0.15, -0.1) is 0 Å². The number of ether oxygens (including phenoxy) is 1. The van der Waals surface area contributed by atoms with Gasteiger partial charge in [0.25, 0.3) is 0 Å². The van der Waals surface area contributed by atoms with E-state index in [0.29, 0.717) is 15.2 Å². The second-order valence-corrected chi connectivity index (χ2v) is 11.9. The Morgan fingerprint density at radius 3 is 2.31 bits per heavy atom.